The topological polar surface area (TPSA) is 49.9 Å². The van der Waals surface area contributed by atoms with Crippen molar-refractivity contribution in [1.29, 1.82) is 0 Å². The average Bonchev–Trinajstić information content (AvgIpc) is 3.08. The Morgan fingerprint density at radius 3 is 2.29 bits per heavy atom. The summed E-state index contributed by atoms with van der Waals surface area (Å²) in [6.07, 6.45) is -1.28. The highest BCUT2D eigenvalue weighted by Gasteiger charge is 2.50. The van der Waals surface area contributed by atoms with E-state index in [0.717, 1.165) is 0 Å². The van der Waals surface area contributed by atoms with Crippen LogP contribution in [0.3, 0.4) is 0 Å². The van der Waals surface area contributed by atoms with Gasteiger partial charge in [0.1, 0.15) is 0 Å². The molecule has 2 rings (SSSR count). The van der Waals surface area contributed by atoms with Crippen LogP contribution in [0.25, 0.3) is 0 Å². The number of hydrogen-bond donors (Lipinski definition) is 0. The molecule has 1 heterocycles. The Kier molecular flexibility index (Phi) is 3.17. The number of nitrogens with zero attached hydrogens (tertiary/aromatic N) is 1. The van der Waals surface area contributed by atoms with Gasteiger partial charge in [-0.1, -0.05) is 11.6 Å². The Morgan fingerprint density at radius 2 is 1.76 bits per heavy atom. The highest BCUT2D eigenvalue weighted by molar-refractivity contribution is 6.30. The second-order valence-corrected chi connectivity index (χ2v) is 4.52. The van der Waals surface area contributed by atoms with Crippen LogP contribution >= 0.6 is 11.6 Å². The summed E-state index contributed by atoms with van der Waals surface area (Å²) in [4.78, 5) is 24.9. The number of carbonyl (C=O) groups excluding carboxylic acids is 2. The lowest BCUT2D eigenvalue weighted by Gasteiger charge is -2.06. The number of halogens is 1. The molecule has 4 nitrogen and oxygen atoms in total. The lowest BCUT2D eigenvalue weighted by Crippen LogP contribution is -2.29. The number of ketones is 1. The van der Waals surface area contributed by atoms with Crippen molar-refractivity contribution in [1.82, 2.24) is 4.90 Å². The minimum absolute atomic E-state index is 0.179. The van der Waals surface area contributed by atoms with Gasteiger partial charge >= 0.3 is 0 Å². The molecule has 0 spiro atoms. The minimum Gasteiger partial charge on any atom is -0.350 e. The molecule has 17 heavy (non-hydrogen) atoms. The first-order valence-corrected chi connectivity index (χ1v) is 5.55. The molecule has 0 radical (unpaired) electrons. The molecule has 0 unspecified atom stereocenters. The van der Waals surface area contributed by atoms with Crippen molar-refractivity contribution >= 4 is 23.3 Å². The molecule has 0 N–H and O–H groups in total. The SMILES string of the molecule is CN(C)C(=O)[C@H]1O[C@@H]1C(=O)c1ccc(Cl)cc1. The van der Waals surface area contributed by atoms with Gasteiger partial charge in [0.25, 0.3) is 5.91 Å². The molecule has 5 heteroatoms. The zero-order valence-corrected chi connectivity index (χ0v) is 10.3. The quantitative estimate of drug-likeness (QED) is 0.604. The summed E-state index contributed by atoms with van der Waals surface area (Å²) in [6, 6.07) is 6.53. The van der Waals surface area contributed by atoms with Crippen LogP contribution in [0.15, 0.2) is 24.3 Å². The Hall–Kier alpha value is -1.39. The molecule has 1 aromatic carbocycles. The first-order chi connectivity index (χ1) is 8.00. The normalized spacial score (nSPS) is 22.1. The predicted molar refractivity (Wildman–Crippen MR) is 63.1 cm³/mol. The van der Waals surface area contributed by atoms with E-state index in [4.69, 9.17) is 16.3 Å². The number of likely N-dealkylation sites (N-methyl/N-ethyl adjacent to an activating group) is 1. The molecule has 90 valence electrons. The van der Waals surface area contributed by atoms with E-state index in [-0.39, 0.29) is 11.7 Å². The van der Waals surface area contributed by atoms with Gasteiger partial charge in [-0.25, -0.2) is 0 Å². The maximum atomic E-state index is 11.9. The fourth-order valence-corrected chi connectivity index (χ4v) is 1.66. The molecule has 1 saturated heterocycles. The van der Waals surface area contributed by atoms with Crippen LogP contribution in [0.1, 0.15) is 10.4 Å². The largest absolute Gasteiger partial charge is 0.350 e. The van der Waals surface area contributed by atoms with Gasteiger partial charge in [0.05, 0.1) is 0 Å². The Morgan fingerprint density at radius 1 is 1.18 bits per heavy atom. The van der Waals surface area contributed by atoms with Gasteiger partial charge in [-0.3, -0.25) is 9.59 Å². The fraction of sp³-hybridized carbons (Fsp3) is 0.333. The average molecular weight is 254 g/mol. The highest BCUT2D eigenvalue weighted by Crippen LogP contribution is 2.27. The number of benzene rings is 1. The van der Waals surface area contributed by atoms with Gasteiger partial charge in [0, 0.05) is 24.7 Å². The highest BCUT2D eigenvalue weighted by atomic mass is 35.5. The number of ether oxygens (including phenoxy) is 1. The van der Waals surface area contributed by atoms with E-state index in [9.17, 15) is 9.59 Å². The lowest BCUT2D eigenvalue weighted by atomic mass is 10.1. The van der Waals surface area contributed by atoms with E-state index in [2.05, 4.69) is 0 Å². The maximum Gasteiger partial charge on any atom is 0.254 e. The van der Waals surface area contributed by atoms with E-state index in [1.54, 1.807) is 38.4 Å². The number of rotatable bonds is 3. The summed E-state index contributed by atoms with van der Waals surface area (Å²) < 4.78 is 5.11. The molecular weight excluding hydrogens is 242 g/mol. The first kappa shape index (κ1) is 12.1. The summed E-state index contributed by atoms with van der Waals surface area (Å²) in [5, 5.41) is 0.569. The van der Waals surface area contributed by atoms with Gasteiger partial charge in [-0.2, -0.15) is 0 Å². The molecule has 1 aliphatic rings. The molecule has 1 aromatic rings. The van der Waals surface area contributed by atoms with Crippen LogP contribution in [-0.4, -0.2) is 42.9 Å². The Balaban J connectivity index is 2.04. The number of hydrogen-bond acceptors (Lipinski definition) is 3. The number of epoxide rings is 1. The summed E-state index contributed by atoms with van der Waals surface area (Å²) in [6.45, 7) is 0. The zero-order valence-electron chi connectivity index (χ0n) is 9.51. The summed E-state index contributed by atoms with van der Waals surface area (Å²) in [5.41, 5.74) is 0.508. The third-order valence-corrected chi connectivity index (χ3v) is 2.81. The standard InChI is InChI=1S/C12H12ClNO3/c1-14(2)12(16)11-10(17-11)9(15)7-3-5-8(13)6-4-7/h3-6,10-11H,1-2H3/t10-,11+/m1/s1. The fourth-order valence-electron chi connectivity index (χ4n) is 1.53. The second-order valence-electron chi connectivity index (χ2n) is 4.08. The van der Waals surface area contributed by atoms with E-state index in [1.165, 1.54) is 4.90 Å². The third kappa shape index (κ3) is 2.48. The van der Waals surface area contributed by atoms with Crippen LogP contribution in [0.4, 0.5) is 0 Å². The van der Waals surface area contributed by atoms with Crippen LogP contribution in [0, 0.1) is 0 Å². The molecule has 0 bridgehead atoms. The van der Waals surface area contributed by atoms with Gasteiger partial charge in [-0.15, -0.1) is 0 Å². The lowest BCUT2D eigenvalue weighted by molar-refractivity contribution is -0.129. The first-order valence-electron chi connectivity index (χ1n) is 5.17. The van der Waals surface area contributed by atoms with E-state index in [0.29, 0.717) is 10.6 Å². The van der Waals surface area contributed by atoms with E-state index < -0.39 is 12.2 Å². The maximum absolute atomic E-state index is 11.9. The van der Waals surface area contributed by atoms with Gasteiger partial charge < -0.3 is 9.64 Å². The van der Waals surface area contributed by atoms with Crippen molar-refractivity contribution in [3.8, 4) is 0 Å². The smallest absolute Gasteiger partial charge is 0.254 e. The number of carbonyl (C=O) groups is 2. The summed E-state index contributed by atoms with van der Waals surface area (Å²) in [7, 11) is 3.27. The van der Waals surface area contributed by atoms with Crippen molar-refractivity contribution < 1.29 is 14.3 Å². The number of Topliss-reactive ketones (excluding diaryl/α,β-unsaturated/α-hetero) is 1. The second kappa shape index (κ2) is 4.47. The van der Waals surface area contributed by atoms with Gasteiger partial charge in [-0.05, 0) is 24.3 Å². The molecule has 1 aliphatic heterocycles. The van der Waals surface area contributed by atoms with Crippen molar-refractivity contribution in [2.24, 2.45) is 0 Å². The molecular formula is C12H12ClNO3. The Labute approximate surface area is 104 Å². The van der Waals surface area contributed by atoms with Crippen molar-refractivity contribution in [2.75, 3.05) is 14.1 Å². The molecule has 2 atom stereocenters. The van der Waals surface area contributed by atoms with Crippen molar-refractivity contribution in [3.63, 3.8) is 0 Å². The van der Waals surface area contributed by atoms with Gasteiger partial charge in [0.15, 0.2) is 18.0 Å². The van der Waals surface area contributed by atoms with E-state index >= 15 is 0 Å². The van der Waals surface area contributed by atoms with Crippen LogP contribution < -0.4 is 0 Å². The van der Waals surface area contributed by atoms with Gasteiger partial charge in [0.2, 0.25) is 0 Å². The molecule has 1 fully saturated rings. The zero-order chi connectivity index (χ0) is 12.6. The van der Waals surface area contributed by atoms with Crippen molar-refractivity contribution in [3.05, 3.63) is 34.9 Å². The predicted octanol–water partition coefficient (Wildman–Crippen LogP) is 1.38. The molecule has 0 aromatic heterocycles. The van der Waals surface area contributed by atoms with E-state index in [1.807, 2.05) is 0 Å². The van der Waals surface area contributed by atoms with Crippen LogP contribution in [0.5, 0.6) is 0 Å². The molecule has 1 amide bonds. The monoisotopic (exact) mass is 253 g/mol. The van der Waals surface area contributed by atoms with Crippen molar-refractivity contribution in [2.45, 2.75) is 12.2 Å². The molecule has 0 saturated carbocycles. The third-order valence-electron chi connectivity index (χ3n) is 2.56. The molecule has 0 aliphatic carbocycles. The minimum atomic E-state index is -0.647. The summed E-state index contributed by atoms with van der Waals surface area (Å²) >= 11 is 5.73. The Bertz CT molecular complexity index is 455. The number of amides is 1. The summed E-state index contributed by atoms with van der Waals surface area (Å²) in [5.74, 6) is -0.362. The van der Waals surface area contributed by atoms with Crippen LogP contribution in [0.2, 0.25) is 5.02 Å². The van der Waals surface area contributed by atoms with Crippen LogP contribution in [-0.2, 0) is 9.53 Å².